The van der Waals surface area contributed by atoms with Gasteiger partial charge in [0.1, 0.15) is 0 Å². The van der Waals surface area contributed by atoms with Crippen LogP contribution < -0.4 is 0 Å². The normalized spacial score (nSPS) is 12.8. The molecule has 5 heteroatoms. The molecule has 0 fully saturated rings. The second kappa shape index (κ2) is 5.03. The second-order valence-corrected chi connectivity index (χ2v) is 5.51. The Hall–Kier alpha value is -0.840. The summed E-state index contributed by atoms with van der Waals surface area (Å²) in [7, 11) is 0. The minimum Gasteiger partial charge on any atom is -0.389 e. The Morgan fingerprint density at radius 2 is 2.06 bits per heavy atom. The van der Waals surface area contributed by atoms with E-state index in [-0.39, 0.29) is 0 Å². The van der Waals surface area contributed by atoms with Gasteiger partial charge in [0.25, 0.3) is 0 Å². The van der Waals surface area contributed by atoms with Gasteiger partial charge in [-0.1, -0.05) is 33.6 Å². The molecule has 1 aromatic heterocycles. The monoisotopic (exact) mass is 328 g/mol. The number of aromatic nitrogens is 2. The number of rotatable bonds is 2. The molecule has 1 aromatic carbocycles. The standard InChI is InChI=1S/C13H14BrClN2O/c1-7-13(15)8(2)17(16-7)10-4-5-11(9(3)18)12(14)6-10/h4-6,9,18H,1-3H3/t9-/m1/s1. The molecule has 18 heavy (non-hydrogen) atoms. The van der Waals surface area contributed by atoms with Crippen molar-refractivity contribution in [2.45, 2.75) is 26.9 Å². The van der Waals surface area contributed by atoms with Crippen LogP contribution in [-0.4, -0.2) is 14.9 Å². The minimum atomic E-state index is -0.502. The first kappa shape index (κ1) is 13.6. The molecule has 96 valence electrons. The fourth-order valence-electron chi connectivity index (χ4n) is 1.86. The number of benzene rings is 1. The highest BCUT2D eigenvalue weighted by molar-refractivity contribution is 9.10. The first-order chi connectivity index (χ1) is 8.41. The highest BCUT2D eigenvalue weighted by atomic mass is 79.9. The Morgan fingerprint density at radius 3 is 2.50 bits per heavy atom. The third kappa shape index (κ3) is 2.32. The lowest BCUT2D eigenvalue weighted by Gasteiger charge is -2.10. The summed E-state index contributed by atoms with van der Waals surface area (Å²) in [5, 5.41) is 14.7. The number of aryl methyl sites for hydroxylation is 1. The lowest BCUT2D eigenvalue weighted by Crippen LogP contribution is -2.01. The van der Waals surface area contributed by atoms with Crippen LogP contribution in [0.5, 0.6) is 0 Å². The van der Waals surface area contributed by atoms with Crippen molar-refractivity contribution in [3.63, 3.8) is 0 Å². The van der Waals surface area contributed by atoms with E-state index in [9.17, 15) is 5.11 Å². The smallest absolute Gasteiger partial charge is 0.0848 e. The maximum atomic E-state index is 9.60. The van der Waals surface area contributed by atoms with Gasteiger partial charge in [0.05, 0.1) is 28.2 Å². The van der Waals surface area contributed by atoms with Crippen LogP contribution in [-0.2, 0) is 0 Å². The molecule has 1 heterocycles. The first-order valence-corrected chi connectivity index (χ1v) is 6.78. The van der Waals surface area contributed by atoms with Gasteiger partial charge in [-0.2, -0.15) is 5.10 Å². The molecule has 3 nitrogen and oxygen atoms in total. The topological polar surface area (TPSA) is 38.0 Å². The van der Waals surface area contributed by atoms with E-state index in [1.165, 1.54) is 0 Å². The number of hydrogen-bond donors (Lipinski definition) is 1. The van der Waals surface area contributed by atoms with Gasteiger partial charge in [-0.05, 0) is 38.5 Å². The zero-order valence-corrected chi connectivity index (χ0v) is 12.7. The Kier molecular flexibility index (Phi) is 3.80. The van der Waals surface area contributed by atoms with E-state index in [1.807, 2.05) is 32.0 Å². The molecule has 0 unspecified atom stereocenters. The van der Waals surface area contributed by atoms with Crippen LogP contribution in [0, 0.1) is 13.8 Å². The number of aliphatic hydroxyl groups is 1. The molecule has 2 aromatic rings. The van der Waals surface area contributed by atoms with Gasteiger partial charge in [0.15, 0.2) is 0 Å². The highest BCUT2D eigenvalue weighted by Crippen LogP contribution is 2.28. The molecule has 1 N–H and O–H groups in total. The molecule has 2 rings (SSSR count). The van der Waals surface area contributed by atoms with E-state index in [0.29, 0.717) is 5.02 Å². The van der Waals surface area contributed by atoms with E-state index < -0.39 is 6.10 Å². The summed E-state index contributed by atoms with van der Waals surface area (Å²) in [4.78, 5) is 0. The molecule has 0 spiro atoms. The minimum absolute atomic E-state index is 0.502. The Balaban J connectivity index is 2.52. The molecule has 1 atom stereocenters. The van der Waals surface area contributed by atoms with Crippen LogP contribution in [0.1, 0.15) is 30.0 Å². The van der Waals surface area contributed by atoms with E-state index in [0.717, 1.165) is 27.1 Å². The maximum absolute atomic E-state index is 9.60. The second-order valence-electron chi connectivity index (χ2n) is 4.28. The fraction of sp³-hybridized carbons (Fsp3) is 0.308. The van der Waals surface area contributed by atoms with Crippen LogP contribution in [0.2, 0.25) is 5.02 Å². The number of nitrogens with zero attached hydrogens (tertiary/aromatic N) is 2. The molecule has 0 aliphatic rings. The van der Waals surface area contributed by atoms with Gasteiger partial charge in [0.2, 0.25) is 0 Å². The summed E-state index contributed by atoms with van der Waals surface area (Å²) < 4.78 is 2.66. The van der Waals surface area contributed by atoms with Crippen molar-refractivity contribution >= 4 is 27.5 Å². The van der Waals surface area contributed by atoms with E-state index in [4.69, 9.17) is 11.6 Å². The van der Waals surface area contributed by atoms with Crippen LogP contribution in [0.25, 0.3) is 5.69 Å². The zero-order chi connectivity index (χ0) is 13.4. The summed E-state index contributed by atoms with van der Waals surface area (Å²) in [6, 6.07) is 5.73. The lowest BCUT2D eigenvalue weighted by molar-refractivity contribution is 0.198. The molecule has 0 saturated carbocycles. The molecule has 0 radical (unpaired) electrons. The van der Waals surface area contributed by atoms with Gasteiger partial charge >= 0.3 is 0 Å². The lowest BCUT2D eigenvalue weighted by atomic mass is 10.1. The van der Waals surface area contributed by atoms with Crippen molar-refractivity contribution in [2.75, 3.05) is 0 Å². The molecule has 0 amide bonds. The molecule has 0 aliphatic heterocycles. The largest absolute Gasteiger partial charge is 0.389 e. The van der Waals surface area contributed by atoms with Gasteiger partial charge in [-0.15, -0.1) is 0 Å². The van der Waals surface area contributed by atoms with Crippen molar-refractivity contribution in [1.29, 1.82) is 0 Å². The maximum Gasteiger partial charge on any atom is 0.0848 e. The van der Waals surface area contributed by atoms with Crippen LogP contribution in [0.15, 0.2) is 22.7 Å². The zero-order valence-electron chi connectivity index (χ0n) is 10.4. The van der Waals surface area contributed by atoms with Crippen molar-refractivity contribution in [1.82, 2.24) is 9.78 Å². The van der Waals surface area contributed by atoms with Crippen LogP contribution in [0.4, 0.5) is 0 Å². The Bertz CT molecular complexity index is 593. The van der Waals surface area contributed by atoms with Crippen molar-refractivity contribution in [3.8, 4) is 5.69 Å². The van der Waals surface area contributed by atoms with Crippen molar-refractivity contribution < 1.29 is 5.11 Å². The third-order valence-electron chi connectivity index (χ3n) is 2.88. The third-order valence-corrected chi connectivity index (χ3v) is 4.12. The summed E-state index contributed by atoms with van der Waals surface area (Å²) in [5.41, 5.74) is 3.49. The van der Waals surface area contributed by atoms with Gasteiger partial charge in [0, 0.05) is 4.47 Å². The average molecular weight is 330 g/mol. The highest BCUT2D eigenvalue weighted by Gasteiger charge is 2.13. The number of aliphatic hydroxyl groups excluding tert-OH is 1. The van der Waals surface area contributed by atoms with Crippen molar-refractivity contribution in [2.24, 2.45) is 0 Å². The number of halogens is 2. The quantitative estimate of drug-likeness (QED) is 0.905. The first-order valence-electron chi connectivity index (χ1n) is 5.61. The van der Waals surface area contributed by atoms with Crippen LogP contribution >= 0.6 is 27.5 Å². The SMILES string of the molecule is Cc1nn(-c2ccc([C@@H](C)O)c(Br)c2)c(C)c1Cl. The summed E-state index contributed by atoms with van der Waals surface area (Å²) in [6.45, 7) is 5.55. The van der Waals surface area contributed by atoms with Crippen LogP contribution in [0.3, 0.4) is 0 Å². The summed E-state index contributed by atoms with van der Waals surface area (Å²) in [5.74, 6) is 0. The van der Waals surface area contributed by atoms with Crippen molar-refractivity contribution in [3.05, 3.63) is 44.6 Å². The summed E-state index contributed by atoms with van der Waals surface area (Å²) in [6.07, 6.45) is -0.502. The average Bonchev–Trinajstić information content (AvgIpc) is 2.56. The summed E-state index contributed by atoms with van der Waals surface area (Å²) >= 11 is 9.60. The molecule has 0 aliphatic carbocycles. The van der Waals surface area contributed by atoms with E-state index in [1.54, 1.807) is 11.6 Å². The Labute approximate surface area is 120 Å². The number of hydrogen-bond acceptors (Lipinski definition) is 2. The van der Waals surface area contributed by atoms with E-state index in [2.05, 4.69) is 21.0 Å². The Morgan fingerprint density at radius 1 is 1.39 bits per heavy atom. The van der Waals surface area contributed by atoms with Gasteiger partial charge in [-0.3, -0.25) is 0 Å². The predicted octanol–water partition coefficient (Wildman–Crippen LogP) is 3.96. The fourth-order valence-corrected chi connectivity index (χ4v) is 2.68. The molecule has 0 bridgehead atoms. The molecular formula is C13H14BrClN2O. The van der Waals surface area contributed by atoms with Gasteiger partial charge in [-0.25, -0.2) is 4.68 Å². The van der Waals surface area contributed by atoms with E-state index >= 15 is 0 Å². The predicted molar refractivity (Wildman–Crippen MR) is 76.4 cm³/mol. The molecule has 0 saturated heterocycles. The molecular weight excluding hydrogens is 316 g/mol. The van der Waals surface area contributed by atoms with Gasteiger partial charge < -0.3 is 5.11 Å².